The van der Waals surface area contributed by atoms with Crippen LogP contribution in [0.25, 0.3) is 0 Å². The molecule has 17 heavy (non-hydrogen) atoms. The lowest BCUT2D eigenvalue weighted by molar-refractivity contribution is -0.123. The van der Waals surface area contributed by atoms with Crippen molar-refractivity contribution in [2.45, 2.75) is 58.5 Å². The van der Waals surface area contributed by atoms with Gasteiger partial charge in [0.25, 0.3) is 0 Å². The summed E-state index contributed by atoms with van der Waals surface area (Å²) in [5.74, 6) is -0.171. The lowest BCUT2D eigenvalue weighted by atomic mass is 10.1. The van der Waals surface area contributed by atoms with Gasteiger partial charge in [0.1, 0.15) is 0 Å². The topological polar surface area (TPSA) is 78.4 Å². The molecule has 0 unspecified atom stereocenters. The van der Waals surface area contributed by atoms with Gasteiger partial charge in [-0.3, -0.25) is 9.59 Å². The minimum absolute atomic E-state index is 0.0331. The van der Waals surface area contributed by atoms with Crippen molar-refractivity contribution in [1.29, 1.82) is 0 Å². The molecule has 0 aliphatic heterocycles. The van der Waals surface area contributed by atoms with Gasteiger partial charge in [-0.2, -0.15) is 0 Å². The zero-order chi connectivity index (χ0) is 13.5. The lowest BCUT2D eigenvalue weighted by Gasteiger charge is -2.23. The van der Waals surface area contributed by atoms with Crippen LogP contribution in [0.1, 0.15) is 47.0 Å². The van der Waals surface area contributed by atoms with Crippen molar-refractivity contribution in [3.05, 3.63) is 0 Å². The normalized spacial score (nSPS) is 11.4. The second-order valence-corrected chi connectivity index (χ2v) is 5.17. The second kappa shape index (κ2) is 7.27. The number of aliphatic hydroxyl groups is 1. The monoisotopic (exact) mass is 244 g/mol. The fraction of sp³-hybridized carbons (Fsp3) is 0.833. The van der Waals surface area contributed by atoms with E-state index in [2.05, 4.69) is 10.6 Å². The summed E-state index contributed by atoms with van der Waals surface area (Å²) in [4.78, 5) is 22.8. The van der Waals surface area contributed by atoms with Gasteiger partial charge in [0.2, 0.25) is 11.8 Å². The molecule has 0 fully saturated rings. The standard InChI is InChI=1S/C12H24N2O3/c1-9(2)13-10(16)6-5-7-11(17)14-12(3,4)8-15/h9,15H,5-8H2,1-4H3,(H,13,16)(H,14,17). The molecular weight excluding hydrogens is 220 g/mol. The van der Waals surface area contributed by atoms with E-state index in [1.54, 1.807) is 13.8 Å². The minimum Gasteiger partial charge on any atom is -0.394 e. The molecule has 0 saturated heterocycles. The lowest BCUT2D eigenvalue weighted by Crippen LogP contribution is -2.46. The Morgan fingerprint density at radius 3 is 2.18 bits per heavy atom. The maximum absolute atomic E-state index is 11.5. The zero-order valence-corrected chi connectivity index (χ0v) is 11.2. The van der Waals surface area contributed by atoms with Crippen LogP contribution in [0.2, 0.25) is 0 Å². The first-order chi connectivity index (χ1) is 7.76. The molecule has 5 nitrogen and oxygen atoms in total. The number of aliphatic hydroxyl groups excluding tert-OH is 1. The average molecular weight is 244 g/mol. The Morgan fingerprint density at radius 1 is 1.18 bits per heavy atom. The molecule has 0 bridgehead atoms. The zero-order valence-electron chi connectivity index (χ0n) is 11.2. The summed E-state index contributed by atoms with van der Waals surface area (Å²) >= 11 is 0. The first-order valence-corrected chi connectivity index (χ1v) is 5.98. The molecule has 5 heteroatoms. The van der Waals surface area contributed by atoms with Crippen molar-refractivity contribution < 1.29 is 14.7 Å². The van der Waals surface area contributed by atoms with E-state index in [4.69, 9.17) is 5.11 Å². The minimum atomic E-state index is -0.600. The van der Waals surface area contributed by atoms with Gasteiger partial charge in [-0.05, 0) is 34.1 Å². The van der Waals surface area contributed by atoms with Crippen LogP contribution in [0.15, 0.2) is 0 Å². The molecule has 0 aliphatic rings. The van der Waals surface area contributed by atoms with Crippen LogP contribution < -0.4 is 10.6 Å². The van der Waals surface area contributed by atoms with E-state index in [1.807, 2.05) is 13.8 Å². The summed E-state index contributed by atoms with van der Waals surface area (Å²) in [6, 6.07) is 0.129. The number of hydrogen-bond donors (Lipinski definition) is 3. The van der Waals surface area contributed by atoms with Gasteiger partial charge in [-0.25, -0.2) is 0 Å². The van der Waals surface area contributed by atoms with Crippen molar-refractivity contribution in [2.75, 3.05) is 6.61 Å². The number of carbonyl (C=O) groups excluding carboxylic acids is 2. The average Bonchev–Trinajstić information content (AvgIpc) is 2.15. The van der Waals surface area contributed by atoms with Gasteiger partial charge in [0.15, 0.2) is 0 Å². The Balaban J connectivity index is 3.75. The highest BCUT2D eigenvalue weighted by atomic mass is 16.3. The Bertz CT molecular complexity index is 262. The van der Waals surface area contributed by atoms with Crippen LogP contribution >= 0.6 is 0 Å². The molecular formula is C12H24N2O3. The molecule has 0 aromatic rings. The Hall–Kier alpha value is -1.10. The number of nitrogens with one attached hydrogen (secondary N) is 2. The van der Waals surface area contributed by atoms with Crippen molar-refractivity contribution >= 4 is 11.8 Å². The largest absolute Gasteiger partial charge is 0.394 e. The van der Waals surface area contributed by atoms with Crippen molar-refractivity contribution in [2.24, 2.45) is 0 Å². The predicted molar refractivity (Wildman–Crippen MR) is 66.4 cm³/mol. The summed E-state index contributed by atoms with van der Waals surface area (Å²) in [6.07, 6.45) is 1.17. The van der Waals surface area contributed by atoms with Crippen molar-refractivity contribution in [1.82, 2.24) is 10.6 Å². The highest BCUT2D eigenvalue weighted by Crippen LogP contribution is 2.02. The molecule has 100 valence electrons. The van der Waals surface area contributed by atoms with Crippen LogP contribution in [0.3, 0.4) is 0 Å². The number of carbonyl (C=O) groups is 2. The van der Waals surface area contributed by atoms with E-state index < -0.39 is 5.54 Å². The number of rotatable bonds is 7. The van der Waals surface area contributed by atoms with Gasteiger partial charge < -0.3 is 15.7 Å². The molecule has 2 amide bonds. The second-order valence-electron chi connectivity index (χ2n) is 5.17. The van der Waals surface area contributed by atoms with E-state index in [0.29, 0.717) is 19.3 Å². The van der Waals surface area contributed by atoms with Crippen molar-refractivity contribution in [3.63, 3.8) is 0 Å². The van der Waals surface area contributed by atoms with E-state index in [-0.39, 0.29) is 24.5 Å². The maximum Gasteiger partial charge on any atom is 0.220 e. The van der Waals surface area contributed by atoms with Gasteiger partial charge >= 0.3 is 0 Å². The highest BCUT2D eigenvalue weighted by Gasteiger charge is 2.18. The van der Waals surface area contributed by atoms with Crippen LogP contribution in [0.4, 0.5) is 0 Å². The molecule has 0 heterocycles. The third-order valence-corrected chi connectivity index (χ3v) is 2.13. The van der Waals surface area contributed by atoms with Gasteiger partial charge in [-0.1, -0.05) is 0 Å². The van der Waals surface area contributed by atoms with Crippen LogP contribution in [-0.4, -0.2) is 35.1 Å². The molecule has 0 aromatic carbocycles. The van der Waals surface area contributed by atoms with E-state index >= 15 is 0 Å². The SMILES string of the molecule is CC(C)NC(=O)CCCC(=O)NC(C)(C)CO. The van der Waals surface area contributed by atoms with E-state index in [1.165, 1.54) is 0 Å². The van der Waals surface area contributed by atoms with Gasteiger partial charge in [0, 0.05) is 18.9 Å². The fourth-order valence-corrected chi connectivity index (χ4v) is 1.28. The van der Waals surface area contributed by atoms with Crippen LogP contribution in [0, 0.1) is 0 Å². The van der Waals surface area contributed by atoms with E-state index in [0.717, 1.165) is 0 Å². The first-order valence-electron chi connectivity index (χ1n) is 5.98. The first kappa shape index (κ1) is 15.9. The van der Waals surface area contributed by atoms with Crippen molar-refractivity contribution in [3.8, 4) is 0 Å². The molecule has 0 atom stereocenters. The molecule has 0 aliphatic carbocycles. The quantitative estimate of drug-likeness (QED) is 0.612. The number of hydrogen-bond acceptors (Lipinski definition) is 3. The summed E-state index contributed by atoms with van der Waals surface area (Å²) in [7, 11) is 0. The highest BCUT2D eigenvalue weighted by molar-refractivity contribution is 5.79. The molecule has 0 radical (unpaired) electrons. The predicted octanol–water partition coefficient (Wildman–Crippen LogP) is 0.568. The summed E-state index contributed by atoms with van der Waals surface area (Å²) in [5.41, 5.74) is -0.600. The van der Waals surface area contributed by atoms with Gasteiger partial charge in [-0.15, -0.1) is 0 Å². The van der Waals surface area contributed by atoms with Crippen LogP contribution in [-0.2, 0) is 9.59 Å². The Kier molecular flexibility index (Phi) is 6.80. The number of amides is 2. The summed E-state index contributed by atoms with van der Waals surface area (Å²) < 4.78 is 0. The Labute approximate surface area is 103 Å². The molecule has 3 N–H and O–H groups in total. The third-order valence-electron chi connectivity index (χ3n) is 2.13. The smallest absolute Gasteiger partial charge is 0.220 e. The summed E-state index contributed by atoms with van der Waals surface area (Å²) in [6.45, 7) is 7.18. The molecule has 0 saturated carbocycles. The Morgan fingerprint density at radius 2 is 1.71 bits per heavy atom. The fourth-order valence-electron chi connectivity index (χ4n) is 1.28. The van der Waals surface area contributed by atoms with Crippen LogP contribution in [0.5, 0.6) is 0 Å². The third kappa shape index (κ3) is 8.68. The molecule has 0 rings (SSSR count). The molecule has 0 spiro atoms. The molecule has 0 aromatic heterocycles. The van der Waals surface area contributed by atoms with Gasteiger partial charge in [0.05, 0.1) is 12.1 Å². The summed E-state index contributed by atoms with van der Waals surface area (Å²) in [5, 5.41) is 14.4. The van der Waals surface area contributed by atoms with E-state index in [9.17, 15) is 9.59 Å². The maximum atomic E-state index is 11.5.